The summed E-state index contributed by atoms with van der Waals surface area (Å²) in [4.78, 5) is 11.0. The number of nitrogens with zero attached hydrogens (tertiary/aromatic N) is 4. The zero-order chi connectivity index (χ0) is 24.8. The number of sulfone groups is 1. The van der Waals surface area contributed by atoms with Crippen LogP contribution in [0.2, 0.25) is 0 Å². The number of fused-ring (bicyclic) bond motifs is 1. The van der Waals surface area contributed by atoms with Crippen LogP contribution in [0.3, 0.4) is 0 Å². The van der Waals surface area contributed by atoms with Gasteiger partial charge in [0.25, 0.3) is 0 Å². The Morgan fingerprint density at radius 2 is 1.82 bits per heavy atom. The number of pyridine rings is 1. The zero-order valence-electron chi connectivity index (χ0n) is 17.5. The van der Waals surface area contributed by atoms with Crippen LogP contribution in [0.5, 0.6) is 5.75 Å². The SMILES string of the molecule is C#CC(C)(C)Oc1cnc(-c2cn3cnc(C(F)(F)C(F)(F)F)cc3n2)c(S(=O)(=O)CC)c1. The maximum Gasteiger partial charge on any atom is 0.459 e. The Morgan fingerprint density at radius 3 is 2.39 bits per heavy atom. The molecule has 7 nitrogen and oxygen atoms in total. The average molecular weight is 488 g/mol. The highest BCUT2D eigenvalue weighted by atomic mass is 32.2. The number of hydrogen-bond donors (Lipinski definition) is 0. The molecule has 0 N–H and O–H groups in total. The summed E-state index contributed by atoms with van der Waals surface area (Å²) in [7, 11) is -3.88. The number of imidazole rings is 1. The monoisotopic (exact) mass is 488 g/mol. The molecule has 13 heteroatoms. The Morgan fingerprint density at radius 1 is 1.15 bits per heavy atom. The molecule has 3 heterocycles. The van der Waals surface area contributed by atoms with Gasteiger partial charge in [0.05, 0.1) is 16.8 Å². The maximum atomic E-state index is 13.7. The van der Waals surface area contributed by atoms with Crippen LogP contribution in [-0.2, 0) is 15.8 Å². The Labute approximate surface area is 185 Å². The van der Waals surface area contributed by atoms with Gasteiger partial charge in [0.2, 0.25) is 0 Å². The standard InChI is InChI=1S/C20H17F5N4O3S/c1-5-18(3,4)32-12-7-14(33(30,31)6-2)17(26-9-12)13-10-29-11-27-15(8-16(29)28-13)19(21,22)20(23,24)25/h1,7-11H,6H2,2-4H3. The van der Waals surface area contributed by atoms with Crippen molar-refractivity contribution in [3.05, 3.63) is 36.5 Å². The van der Waals surface area contributed by atoms with Crippen LogP contribution in [-0.4, -0.2) is 45.3 Å². The molecule has 0 amide bonds. The second-order valence-corrected chi connectivity index (χ2v) is 9.66. The third-order valence-corrected chi connectivity index (χ3v) is 6.27. The minimum atomic E-state index is -5.85. The quantitative estimate of drug-likeness (QED) is 0.385. The summed E-state index contributed by atoms with van der Waals surface area (Å²) in [5.41, 5.74) is -3.15. The van der Waals surface area contributed by atoms with Crippen LogP contribution in [0.4, 0.5) is 22.0 Å². The molecule has 0 unspecified atom stereocenters. The molecule has 0 aliphatic rings. The Hall–Kier alpha value is -3.27. The van der Waals surface area contributed by atoms with E-state index in [4.69, 9.17) is 11.2 Å². The molecule has 0 aromatic carbocycles. The summed E-state index contributed by atoms with van der Waals surface area (Å²) in [6.45, 7) is 4.56. The molecule has 3 aromatic rings. The topological polar surface area (TPSA) is 86.4 Å². The molecule has 0 saturated carbocycles. The van der Waals surface area contributed by atoms with Crippen molar-refractivity contribution in [1.29, 1.82) is 0 Å². The number of rotatable bonds is 6. The number of terminal acetylenes is 1. The second kappa shape index (κ2) is 7.95. The van der Waals surface area contributed by atoms with Gasteiger partial charge in [-0.05, 0) is 13.8 Å². The van der Waals surface area contributed by atoms with E-state index in [-0.39, 0.29) is 33.4 Å². The van der Waals surface area contributed by atoms with Gasteiger partial charge in [-0.25, -0.2) is 23.4 Å². The minimum absolute atomic E-state index is 0.0614. The molecule has 0 aliphatic heterocycles. The molecule has 0 saturated heterocycles. The highest BCUT2D eigenvalue weighted by molar-refractivity contribution is 7.91. The van der Waals surface area contributed by atoms with Gasteiger partial charge in [0, 0.05) is 18.3 Å². The third kappa shape index (κ3) is 4.61. The summed E-state index contributed by atoms with van der Waals surface area (Å²) in [5.74, 6) is -3.05. The summed E-state index contributed by atoms with van der Waals surface area (Å²) >= 11 is 0. The lowest BCUT2D eigenvalue weighted by molar-refractivity contribution is -0.290. The van der Waals surface area contributed by atoms with E-state index in [1.54, 1.807) is 13.8 Å². The van der Waals surface area contributed by atoms with Crippen molar-refractivity contribution in [2.45, 2.75) is 43.4 Å². The number of aromatic nitrogens is 4. The van der Waals surface area contributed by atoms with Crippen LogP contribution in [0.25, 0.3) is 17.0 Å². The fourth-order valence-corrected chi connectivity index (χ4v) is 3.77. The molecule has 0 aliphatic carbocycles. The van der Waals surface area contributed by atoms with Crippen LogP contribution in [0.15, 0.2) is 35.7 Å². The summed E-state index contributed by atoms with van der Waals surface area (Å²) in [6, 6.07) is 1.67. The van der Waals surface area contributed by atoms with Crippen LogP contribution in [0.1, 0.15) is 26.5 Å². The van der Waals surface area contributed by atoms with Crippen molar-refractivity contribution in [2.24, 2.45) is 0 Å². The molecule has 3 aromatic heterocycles. The van der Waals surface area contributed by atoms with Crippen molar-refractivity contribution < 1.29 is 35.1 Å². The lowest BCUT2D eigenvalue weighted by Crippen LogP contribution is -2.34. The fourth-order valence-electron chi connectivity index (χ4n) is 2.71. The predicted octanol–water partition coefficient (Wildman–Crippen LogP) is 4.03. The number of ether oxygens (including phenoxy) is 1. The summed E-state index contributed by atoms with van der Waals surface area (Å²) in [5, 5.41) is 0. The van der Waals surface area contributed by atoms with Gasteiger partial charge in [0.15, 0.2) is 15.4 Å². The van der Waals surface area contributed by atoms with Crippen molar-refractivity contribution in [1.82, 2.24) is 19.4 Å². The zero-order valence-corrected chi connectivity index (χ0v) is 18.3. The van der Waals surface area contributed by atoms with Crippen LogP contribution >= 0.6 is 0 Å². The normalized spacial score (nSPS) is 13.2. The molecule has 0 bridgehead atoms. The van der Waals surface area contributed by atoms with Gasteiger partial charge in [-0.3, -0.25) is 4.40 Å². The second-order valence-electron chi connectivity index (χ2n) is 7.42. The molecule has 0 radical (unpaired) electrons. The summed E-state index contributed by atoms with van der Waals surface area (Å²) in [6.07, 6.45) is 2.67. The van der Waals surface area contributed by atoms with E-state index in [1.807, 2.05) is 0 Å². The summed E-state index contributed by atoms with van der Waals surface area (Å²) < 4.78 is 97.4. The Kier molecular flexibility index (Phi) is 5.87. The Balaban J connectivity index is 2.15. The lowest BCUT2D eigenvalue weighted by Gasteiger charge is -2.20. The van der Waals surface area contributed by atoms with Gasteiger partial charge >= 0.3 is 12.1 Å². The van der Waals surface area contributed by atoms with Gasteiger partial charge in [-0.2, -0.15) is 22.0 Å². The molecule has 176 valence electrons. The first-order chi connectivity index (χ1) is 15.1. The molecule has 0 fully saturated rings. The van der Waals surface area contributed by atoms with E-state index in [9.17, 15) is 30.4 Å². The van der Waals surface area contributed by atoms with Gasteiger partial charge in [0.1, 0.15) is 34.8 Å². The first-order valence-electron chi connectivity index (χ1n) is 9.31. The minimum Gasteiger partial charge on any atom is -0.474 e. The number of halogens is 5. The highest BCUT2D eigenvalue weighted by Crippen LogP contribution is 2.43. The van der Waals surface area contributed by atoms with E-state index >= 15 is 0 Å². The maximum absolute atomic E-state index is 13.7. The molecule has 33 heavy (non-hydrogen) atoms. The van der Waals surface area contributed by atoms with Crippen LogP contribution in [0, 0.1) is 12.3 Å². The van der Waals surface area contributed by atoms with E-state index in [2.05, 4.69) is 20.9 Å². The van der Waals surface area contributed by atoms with E-state index in [0.717, 1.165) is 10.7 Å². The first kappa shape index (κ1) is 24.4. The van der Waals surface area contributed by atoms with Crippen LogP contribution < -0.4 is 4.74 Å². The molecular weight excluding hydrogens is 471 g/mol. The number of hydrogen-bond acceptors (Lipinski definition) is 6. The molecule has 0 spiro atoms. The lowest BCUT2D eigenvalue weighted by atomic mass is 10.1. The Bertz CT molecular complexity index is 1360. The van der Waals surface area contributed by atoms with Gasteiger partial charge < -0.3 is 4.74 Å². The predicted molar refractivity (Wildman–Crippen MR) is 107 cm³/mol. The van der Waals surface area contributed by atoms with Crippen molar-refractivity contribution in [3.8, 4) is 29.5 Å². The fraction of sp³-hybridized carbons (Fsp3) is 0.350. The number of alkyl halides is 5. The average Bonchev–Trinajstić information content (AvgIpc) is 3.15. The first-order valence-corrected chi connectivity index (χ1v) is 11.0. The van der Waals surface area contributed by atoms with Crippen molar-refractivity contribution in [3.63, 3.8) is 0 Å². The van der Waals surface area contributed by atoms with E-state index in [1.165, 1.54) is 25.4 Å². The van der Waals surface area contributed by atoms with E-state index < -0.39 is 33.2 Å². The smallest absolute Gasteiger partial charge is 0.459 e. The molecule has 3 rings (SSSR count). The third-order valence-electron chi connectivity index (χ3n) is 4.53. The van der Waals surface area contributed by atoms with Gasteiger partial charge in [-0.15, -0.1) is 6.42 Å². The molecule has 0 atom stereocenters. The molecular formula is C20H17F5N4O3S. The van der Waals surface area contributed by atoms with Crippen molar-refractivity contribution >= 4 is 15.5 Å². The highest BCUT2D eigenvalue weighted by Gasteiger charge is 2.60. The van der Waals surface area contributed by atoms with Gasteiger partial charge in [-0.1, -0.05) is 12.8 Å². The van der Waals surface area contributed by atoms with E-state index in [0.29, 0.717) is 6.07 Å². The largest absolute Gasteiger partial charge is 0.474 e. The van der Waals surface area contributed by atoms with Crippen molar-refractivity contribution in [2.75, 3.05) is 5.75 Å².